The molecule has 30 heavy (non-hydrogen) atoms. The first-order valence-electron chi connectivity index (χ1n) is 9.82. The summed E-state index contributed by atoms with van der Waals surface area (Å²) in [6.07, 6.45) is 2.22. The molecule has 0 aromatic carbocycles. The van der Waals surface area contributed by atoms with Gasteiger partial charge in [0, 0.05) is 43.7 Å². The van der Waals surface area contributed by atoms with Crippen LogP contribution in [-0.2, 0) is 24.2 Å². The number of carbonyl (C=O) groups excluding carboxylic acids is 1. The van der Waals surface area contributed by atoms with Crippen LogP contribution in [0.3, 0.4) is 0 Å². The molecule has 3 aromatic heterocycles. The summed E-state index contributed by atoms with van der Waals surface area (Å²) >= 11 is 0. The van der Waals surface area contributed by atoms with Crippen LogP contribution < -0.4 is 0 Å². The quantitative estimate of drug-likeness (QED) is 0.611. The molecule has 0 radical (unpaired) electrons. The van der Waals surface area contributed by atoms with E-state index in [0.29, 0.717) is 43.6 Å². The number of nitrogens with zero attached hydrogens (tertiary/aromatic N) is 6. The van der Waals surface area contributed by atoms with Gasteiger partial charge in [0.05, 0.1) is 19.4 Å². The van der Waals surface area contributed by atoms with Crippen molar-refractivity contribution in [3.05, 3.63) is 46.9 Å². The zero-order valence-corrected chi connectivity index (χ0v) is 17.1. The Morgan fingerprint density at radius 2 is 2.20 bits per heavy atom. The number of hydrogen-bond donors (Lipinski definition) is 0. The van der Waals surface area contributed by atoms with Gasteiger partial charge >= 0.3 is 0 Å². The molecule has 0 N–H and O–H groups in total. The van der Waals surface area contributed by atoms with Crippen LogP contribution in [0.5, 0.6) is 0 Å². The van der Waals surface area contributed by atoms with Crippen molar-refractivity contribution in [1.29, 1.82) is 0 Å². The summed E-state index contributed by atoms with van der Waals surface area (Å²) in [7, 11) is 1.65. The number of ether oxygens (including phenoxy) is 1. The van der Waals surface area contributed by atoms with Gasteiger partial charge in [-0.05, 0) is 26.0 Å². The molecule has 0 saturated carbocycles. The topological polar surface area (TPSA) is 99.2 Å². The van der Waals surface area contributed by atoms with Gasteiger partial charge in [-0.3, -0.25) is 9.48 Å². The van der Waals surface area contributed by atoms with E-state index in [2.05, 4.69) is 34.1 Å². The summed E-state index contributed by atoms with van der Waals surface area (Å²) in [6.45, 7) is 5.65. The lowest BCUT2D eigenvalue weighted by Gasteiger charge is -2.16. The van der Waals surface area contributed by atoms with Gasteiger partial charge in [-0.1, -0.05) is 5.16 Å². The fourth-order valence-electron chi connectivity index (χ4n) is 3.38. The van der Waals surface area contributed by atoms with Crippen LogP contribution in [0.15, 0.2) is 22.9 Å². The zero-order chi connectivity index (χ0) is 21.3. The van der Waals surface area contributed by atoms with Crippen LogP contribution >= 0.6 is 0 Å². The van der Waals surface area contributed by atoms with Crippen LogP contribution in [0.4, 0.5) is 4.39 Å². The molecule has 1 amide bonds. The second-order valence-electron chi connectivity index (χ2n) is 7.47. The van der Waals surface area contributed by atoms with Gasteiger partial charge in [-0.25, -0.2) is 9.37 Å². The molecule has 0 saturated heterocycles. The highest BCUT2D eigenvalue weighted by Gasteiger charge is 2.26. The standard InChI is InChI=1S/C20H23FN6O3/c1-12(2)27-16-7-9-29-11-14(16)18(24-27)19-23-17(25-30-19)6-8-26(3)20(28)15-5-4-13(21)10-22-15/h4-5,10,12H,6-9,11H2,1-3H3. The third-order valence-corrected chi connectivity index (χ3v) is 4.97. The second kappa shape index (κ2) is 8.31. The zero-order valence-electron chi connectivity index (χ0n) is 17.1. The molecule has 4 heterocycles. The van der Waals surface area contributed by atoms with Crippen LogP contribution in [0.25, 0.3) is 11.6 Å². The van der Waals surface area contributed by atoms with Crippen molar-refractivity contribution in [2.75, 3.05) is 20.2 Å². The van der Waals surface area contributed by atoms with Gasteiger partial charge in [0.25, 0.3) is 11.8 Å². The van der Waals surface area contributed by atoms with E-state index in [4.69, 9.17) is 9.26 Å². The van der Waals surface area contributed by atoms with Crippen LogP contribution in [0, 0.1) is 5.82 Å². The fourth-order valence-corrected chi connectivity index (χ4v) is 3.38. The molecule has 0 bridgehead atoms. The summed E-state index contributed by atoms with van der Waals surface area (Å²) < 4.78 is 26.0. The lowest BCUT2D eigenvalue weighted by Crippen LogP contribution is -2.29. The molecule has 0 atom stereocenters. The number of rotatable bonds is 6. The van der Waals surface area contributed by atoms with Gasteiger partial charge in [0.2, 0.25) is 0 Å². The molecule has 0 fully saturated rings. The van der Waals surface area contributed by atoms with Gasteiger partial charge in [0.15, 0.2) is 11.5 Å². The first-order valence-corrected chi connectivity index (χ1v) is 9.82. The second-order valence-corrected chi connectivity index (χ2v) is 7.47. The predicted octanol–water partition coefficient (Wildman–Crippen LogP) is 2.44. The minimum absolute atomic E-state index is 0.179. The number of pyridine rings is 1. The molecule has 1 aliphatic heterocycles. The summed E-state index contributed by atoms with van der Waals surface area (Å²) in [5.41, 5.74) is 2.96. The van der Waals surface area contributed by atoms with E-state index in [9.17, 15) is 9.18 Å². The number of likely N-dealkylation sites (N-methyl/N-ethyl adjacent to an activating group) is 1. The number of amides is 1. The number of hydrogen-bond acceptors (Lipinski definition) is 7. The fraction of sp³-hybridized carbons (Fsp3) is 0.450. The van der Waals surface area contributed by atoms with Gasteiger partial charge < -0.3 is 14.2 Å². The molecule has 10 heteroatoms. The molecule has 0 spiro atoms. The minimum atomic E-state index is -0.485. The Morgan fingerprint density at radius 1 is 1.37 bits per heavy atom. The molecule has 3 aromatic rings. The summed E-state index contributed by atoms with van der Waals surface area (Å²) in [4.78, 5) is 22.1. The molecule has 0 unspecified atom stereocenters. The smallest absolute Gasteiger partial charge is 0.278 e. The molecule has 0 aliphatic carbocycles. The van der Waals surface area contributed by atoms with Gasteiger partial charge in [-0.15, -0.1) is 0 Å². The Balaban J connectivity index is 1.46. The van der Waals surface area contributed by atoms with E-state index < -0.39 is 5.82 Å². The highest BCUT2D eigenvalue weighted by atomic mass is 19.1. The third-order valence-electron chi connectivity index (χ3n) is 4.97. The lowest BCUT2D eigenvalue weighted by molar-refractivity contribution is 0.0790. The Morgan fingerprint density at radius 3 is 2.93 bits per heavy atom. The van der Waals surface area contributed by atoms with Crippen molar-refractivity contribution in [2.24, 2.45) is 0 Å². The highest BCUT2D eigenvalue weighted by molar-refractivity contribution is 5.92. The third kappa shape index (κ3) is 3.95. The average Bonchev–Trinajstić information content (AvgIpc) is 3.36. The van der Waals surface area contributed by atoms with E-state index in [1.165, 1.54) is 17.0 Å². The van der Waals surface area contributed by atoms with Crippen molar-refractivity contribution in [1.82, 2.24) is 29.8 Å². The molecular formula is C20H23FN6O3. The van der Waals surface area contributed by atoms with Crippen molar-refractivity contribution < 1.29 is 18.4 Å². The Bertz CT molecular complexity index is 1040. The first-order chi connectivity index (χ1) is 14.4. The number of carbonyl (C=O) groups is 1. The summed E-state index contributed by atoms with van der Waals surface area (Å²) in [6, 6.07) is 2.78. The predicted molar refractivity (Wildman–Crippen MR) is 104 cm³/mol. The van der Waals surface area contributed by atoms with Crippen molar-refractivity contribution in [2.45, 2.75) is 39.3 Å². The number of aromatic nitrogens is 5. The maximum atomic E-state index is 13.0. The first kappa shape index (κ1) is 20.1. The average molecular weight is 414 g/mol. The molecular weight excluding hydrogens is 391 g/mol. The van der Waals surface area contributed by atoms with E-state index in [-0.39, 0.29) is 17.6 Å². The van der Waals surface area contributed by atoms with Crippen molar-refractivity contribution >= 4 is 5.91 Å². The van der Waals surface area contributed by atoms with E-state index in [0.717, 1.165) is 23.9 Å². The minimum Gasteiger partial charge on any atom is -0.376 e. The molecule has 4 rings (SSSR count). The van der Waals surface area contributed by atoms with E-state index in [1.807, 2.05) is 4.68 Å². The largest absolute Gasteiger partial charge is 0.376 e. The Labute approximate surface area is 172 Å². The van der Waals surface area contributed by atoms with Gasteiger partial charge in [0.1, 0.15) is 11.5 Å². The van der Waals surface area contributed by atoms with Crippen LogP contribution in [-0.4, -0.2) is 55.9 Å². The Kier molecular flexibility index (Phi) is 5.58. The number of halogens is 1. The van der Waals surface area contributed by atoms with Crippen molar-refractivity contribution in [3.63, 3.8) is 0 Å². The lowest BCUT2D eigenvalue weighted by atomic mass is 10.1. The highest BCUT2D eigenvalue weighted by Crippen LogP contribution is 2.30. The normalized spacial score (nSPS) is 13.5. The van der Waals surface area contributed by atoms with E-state index in [1.54, 1.807) is 7.05 Å². The summed E-state index contributed by atoms with van der Waals surface area (Å²) in [5.74, 6) is 0.0308. The Hall–Kier alpha value is -3.14. The maximum absolute atomic E-state index is 13.0. The van der Waals surface area contributed by atoms with Crippen LogP contribution in [0.2, 0.25) is 0 Å². The summed E-state index contributed by atoms with van der Waals surface area (Å²) in [5, 5.41) is 8.71. The number of fused-ring (bicyclic) bond motifs is 1. The van der Waals surface area contributed by atoms with Crippen molar-refractivity contribution in [3.8, 4) is 11.6 Å². The molecule has 158 valence electrons. The van der Waals surface area contributed by atoms with Crippen LogP contribution in [0.1, 0.15) is 47.5 Å². The van der Waals surface area contributed by atoms with E-state index >= 15 is 0 Å². The molecule has 1 aliphatic rings. The monoisotopic (exact) mass is 414 g/mol. The maximum Gasteiger partial charge on any atom is 0.278 e. The SMILES string of the molecule is CC(C)n1nc(-c2nc(CCN(C)C(=O)c3ccc(F)cn3)no2)c2c1CCOC2. The van der Waals surface area contributed by atoms with Gasteiger partial charge in [-0.2, -0.15) is 10.1 Å². The molecule has 9 nitrogen and oxygen atoms in total.